The summed E-state index contributed by atoms with van der Waals surface area (Å²) in [7, 11) is 1.65. The molecule has 3 aromatic heterocycles. The molecular weight excluding hydrogens is 312 g/mol. The Bertz CT molecular complexity index is 952. The summed E-state index contributed by atoms with van der Waals surface area (Å²) in [5, 5.41) is 13.6. The van der Waals surface area contributed by atoms with Crippen LogP contribution in [0.3, 0.4) is 0 Å². The van der Waals surface area contributed by atoms with Crippen molar-refractivity contribution in [3.63, 3.8) is 0 Å². The topological polar surface area (TPSA) is 65.5 Å². The largest absolute Gasteiger partial charge is 0.497 e. The lowest BCUT2D eigenvalue weighted by molar-refractivity contribution is 0.415. The number of hydrogen-bond donors (Lipinski definition) is 0. The number of aromatic nitrogens is 4. The monoisotopic (exact) mass is 324 g/mol. The van der Waals surface area contributed by atoms with Crippen molar-refractivity contribution >= 4 is 28.4 Å². The third kappa shape index (κ3) is 2.62. The highest BCUT2D eigenvalue weighted by atomic mass is 32.1. The molecule has 0 fully saturated rings. The third-order valence-corrected chi connectivity index (χ3v) is 4.15. The lowest BCUT2D eigenvalue weighted by Gasteiger charge is -1.98. The van der Waals surface area contributed by atoms with Crippen molar-refractivity contribution in [2.45, 2.75) is 0 Å². The molecule has 7 heteroatoms. The molecule has 4 aromatic rings. The van der Waals surface area contributed by atoms with Crippen molar-refractivity contribution < 1.29 is 9.15 Å². The van der Waals surface area contributed by atoms with E-state index in [0.717, 1.165) is 21.3 Å². The van der Waals surface area contributed by atoms with Gasteiger partial charge in [0.2, 0.25) is 10.8 Å². The SMILES string of the molecule is COc1ccc(/C=C/c2nn3c(-c4ccco4)nnc3s2)cc1. The van der Waals surface area contributed by atoms with E-state index < -0.39 is 0 Å². The molecule has 0 saturated carbocycles. The first-order valence-corrected chi connectivity index (χ1v) is 7.73. The Morgan fingerprint density at radius 1 is 1.13 bits per heavy atom. The molecule has 3 heterocycles. The molecule has 114 valence electrons. The number of fused-ring (bicyclic) bond motifs is 1. The Balaban J connectivity index is 1.63. The molecule has 0 unspecified atom stereocenters. The number of rotatable bonds is 4. The van der Waals surface area contributed by atoms with Gasteiger partial charge in [0.05, 0.1) is 13.4 Å². The Labute approximate surface area is 135 Å². The maximum Gasteiger partial charge on any atom is 0.235 e. The van der Waals surface area contributed by atoms with Crippen molar-refractivity contribution in [2.75, 3.05) is 7.11 Å². The predicted octanol–water partition coefficient (Wildman–Crippen LogP) is 3.62. The van der Waals surface area contributed by atoms with Gasteiger partial charge in [-0.3, -0.25) is 0 Å². The van der Waals surface area contributed by atoms with Gasteiger partial charge in [0, 0.05) is 0 Å². The number of furan rings is 1. The zero-order chi connectivity index (χ0) is 15.6. The fourth-order valence-electron chi connectivity index (χ4n) is 2.14. The standard InChI is InChI=1S/C16H12N4O2S/c1-21-12-7-4-11(5-8-12)6-9-14-19-20-15(13-3-2-10-22-13)17-18-16(20)23-14/h2-10H,1H3/b9-6+. The number of benzene rings is 1. The first-order chi connectivity index (χ1) is 11.3. The quantitative estimate of drug-likeness (QED) is 0.573. The lowest BCUT2D eigenvalue weighted by atomic mass is 10.2. The molecule has 0 aliphatic rings. The van der Waals surface area contributed by atoms with E-state index in [1.165, 1.54) is 11.3 Å². The minimum absolute atomic E-state index is 0.602. The fourth-order valence-corrected chi connectivity index (χ4v) is 2.88. The van der Waals surface area contributed by atoms with Crippen LogP contribution in [-0.4, -0.2) is 26.9 Å². The molecule has 0 bridgehead atoms. The molecule has 0 atom stereocenters. The van der Waals surface area contributed by atoms with Gasteiger partial charge in [-0.1, -0.05) is 29.5 Å². The van der Waals surface area contributed by atoms with Crippen molar-refractivity contribution in [1.82, 2.24) is 19.8 Å². The van der Waals surface area contributed by atoms with Gasteiger partial charge < -0.3 is 9.15 Å². The summed E-state index contributed by atoms with van der Waals surface area (Å²) in [6.07, 6.45) is 5.55. The van der Waals surface area contributed by atoms with E-state index in [-0.39, 0.29) is 0 Å². The maximum atomic E-state index is 5.36. The normalized spacial score (nSPS) is 11.5. The van der Waals surface area contributed by atoms with Gasteiger partial charge in [-0.15, -0.1) is 10.2 Å². The summed E-state index contributed by atoms with van der Waals surface area (Å²) >= 11 is 1.47. The van der Waals surface area contributed by atoms with Gasteiger partial charge in [-0.2, -0.15) is 9.61 Å². The Morgan fingerprint density at radius 2 is 2.00 bits per heavy atom. The van der Waals surface area contributed by atoms with Crippen LogP contribution >= 0.6 is 11.3 Å². The van der Waals surface area contributed by atoms with Gasteiger partial charge in [0.25, 0.3) is 0 Å². The predicted molar refractivity (Wildman–Crippen MR) is 88.3 cm³/mol. The second-order valence-corrected chi connectivity index (χ2v) is 5.73. The number of ether oxygens (including phenoxy) is 1. The average molecular weight is 324 g/mol. The molecular formula is C16H12N4O2S. The fraction of sp³-hybridized carbons (Fsp3) is 0.0625. The van der Waals surface area contributed by atoms with Gasteiger partial charge >= 0.3 is 0 Å². The third-order valence-electron chi connectivity index (χ3n) is 3.28. The molecule has 0 saturated heterocycles. The highest BCUT2D eigenvalue weighted by molar-refractivity contribution is 7.17. The summed E-state index contributed by atoms with van der Waals surface area (Å²) in [4.78, 5) is 0.728. The van der Waals surface area contributed by atoms with Crippen LogP contribution in [0.25, 0.3) is 28.7 Å². The Morgan fingerprint density at radius 3 is 2.74 bits per heavy atom. The molecule has 0 aliphatic carbocycles. The number of hydrogen-bond acceptors (Lipinski definition) is 6. The highest BCUT2D eigenvalue weighted by Crippen LogP contribution is 2.23. The number of nitrogens with zero attached hydrogens (tertiary/aromatic N) is 4. The molecule has 0 radical (unpaired) electrons. The van der Waals surface area contributed by atoms with Crippen molar-refractivity contribution in [2.24, 2.45) is 0 Å². The van der Waals surface area contributed by atoms with Gasteiger partial charge in [0.15, 0.2) is 5.76 Å². The smallest absolute Gasteiger partial charge is 0.235 e. The minimum Gasteiger partial charge on any atom is -0.497 e. The zero-order valence-electron chi connectivity index (χ0n) is 12.2. The summed E-state index contributed by atoms with van der Waals surface area (Å²) in [5.74, 6) is 2.09. The van der Waals surface area contributed by atoms with Crippen LogP contribution in [0.2, 0.25) is 0 Å². The van der Waals surface area contributed by atoms with E-state index in [0.29, 0.717) is 11.6 Å². The second kappa shape index (κ2) is 5.69. The van der Waals surface area contributed by atoms with E-state index in [9.17, 15) is 0 Å². The molecule has 23 heavy (non-hydrogen) atoms. The average Bonchev–Trinajstić information content (AvgIpc) is 3.29. The van der Waals surface area contributed by atoms with Crippen LogP contribution in [-0.2, 0) is 0 Å². The van der Waals surface area contributed by atoms with Crippen LogP contribution in [0.15, 0.2) is 47.1 Å². The molecule has 0 aliphatic heterocycles. The lowest BCUT2D eigenvalue weighted by Crippen LogP contribution is -1.89. The molecule has 0 spiro atoms. The number of methoxy groups -OCH3 is 1. The van der Waals surface area contributed by atoms with E-state index >= 15 is 0 Å². The maximum absolute atomic E-state index is 5.36. The van der Waals surface area contributed by atoms with Crippen molar-refractivity contribution in [3.8, 4) is 17.3 Å². The van der Waals surface area contributed by atoms with E-state index in [2.05, 4.69) is 15.3 Å². The molecule has 0 N–H and O–H groups in total. The summed E-state index contributed by atoms with van der Waals surface area (Å²) in [6.45, 7) is 0. The first kappa shape index (κ1) is 13.7. The molecule has 6 nitrogen and oxygen atoms in total. The van der Waals surface area contributed by atoms with Crippen LogP contribution < -0.4 is 4.74 Å². The Kier molecular flexibility index (Phi) is 3.39. The molecule has 4 rings (SSSR count). The Hall–Kier alpha value is -2.93. The zero-order valence-corrected chi connectivity index (χ0v) is 13.0. The van der Waals surface area contributed by atoms with Gasteiger partial charge in [-0.05, 0) is 35.9 Å². The van der Waals surface area contributed by atoms with E-state index in [1.807, 2.05) is 48.6 Å². The summed E-state index contributed by atoms with van der Waals surface area (Å²) in [6, 6.07) is 11.5. The van der Waals surface area contributed by atoms with E-state index in [4.69, 9.17) is 9.15 Å². The van der Waals surface area contributed by atoms with Gasteiger partial charge in [0.1, 0.15) is 10.8 Å². The van der Waals surface area contributed by atoms with E-state index in [1.54, 1.807) is 17.9 Å². The molecule has 0 amide bonds. The first-order valence-electron chi connectivity index (χ1n) is 6.92. The molecule has 1 aromatic carbocycles. The summed E-state index contributed by atoms with van der Waals surface area (Å²) < 4.78 is 12.2. The van der Waals surface area contributed by atoms with Crippen molar-refractivity contribution in [3.05, 3.63) is 53.2 Å². The second-order valence-electron chi connectivity index (χ2n) is 4.74. The van der Waals surface area contributed by atoms with Crippen molar-refractivity contribution in [1.29, 1.82) is 0 Å². The summed E-state index contributed by atoms with van der Waals surface area (Å²) in [5.41, 5.74) is 1.07. The van der Waals surface area contributed by atoms with Crippen LogP contribution in [0.1, 0.15) is 10.6 Å². The van der Waals surface area contributed by atoms with Crippen LogP contribution in [0, 0.1) is 0 Å². The van der Waals surface area contributed by atoms with Crippen LogP contribution in [0.4, 0.5) is 0 Å². The highest BCUT2D eigenvalue weighted by Gasteiger charge is 2.14. The van der Waals surface area contributed by atoms with Crippen LogP contribution in [0.5, 0.6) is 5.75 Å². The minimum atomic E-state index is 0.602. The van der Waals surface area contributed by atoms with Gasteiger partial charge in [-0.25, -0.2) is 0 Å².